The summed E-state index contributed by atoms with van der Waals surface area (Å²) in [5.41, 5.74) is 0.734. The van der Waals surface area contributed by atoms with Gasteiger partial charge < -0.3 is 40.5 Å². The number of tetrazole rings is 2. The molecule has 0 aromatic carbocycles. The maximum Gasteiger partial charge on any atom is 0.226 e. The topological polar surface area (TPSA) is 298 Å². The Labute approximate surface area is 319 Å². The van der Waals surface area contributed by atoms with Crippen LogP contribution >= 0.6 is 23.2 Å². The number of hydrogen-bond acceptors (Lipinski definition) is 20. The SMILES string of the molecule is CCn1nnc([C@H]2O[C@@H](n3cnc4c(NCC(C)(C)CNc5nc(Cl)nc6c5ncn6[C@@H]5O[C@H](c6nnn(CC)n6)[C@@H](O)[C@H]5O)nc(Cl)nc43)[C@H](O)[C@@H]2O)n1. The first-order chi connectivity index (χ1) is 26.3. The van der Waals surface area contributed by atoms with Crippen LogP contribution in [0.3, 0.4) is 0 Å². The van der Waals surface area contributed by atoms with Crippen LogP contribution in [0.25, 0.3) is 22.3 Å². The predicted octanol–water partition coefficient (Wildman–Crippen LogP) is -0.180. The maximum atomic E-state index is 10.9. The Morgan fingerprint density at radius 2 is 1.09 bits per heavy atom. The summed E-state index contributed by atoms with van der Waals surface area (Å²) in [5.74, 6) is 0.917. The van der Waals surface area contributed by atoms with Gasteiger partial charge in [0.25, 0.3) is 0 Å². The summed E-state index contributed by atoms with van der Waals surface area (Å²) >= 11 is 12.7. The third-order valence-electron chi connectivity index (χ3n) is 9.29. The minimum atomic E-state index is -1.37. The van der Waals surface area contributed by atoms with Gasteiger partial charge in [-0.3, -0.25) is 9.13 Å². The number of rotatable bonds is 12. The highest BCUT2D eigenvalue weighted by Gasteiger charge is 2.48. The number of imidazole rings is 2. The van der Waals surface area contributed by atoms with Crippen LogP contribution in [0.4, 0.5) is 11.6 Å². The van der Waals surface area contributed by atoms with Crippen molar-refractivity contribution in [1.29, 1.82) is 0 Å². The molecule has 2 aliphatic heterocycles. The van der Waals surface area contributed by atoms with E-state index in [9.17, 15) is 20.4 Å². The Hall–Kier alpha value is -4.82. The van der Waals surface area contributed by atoms with Crippen molar-refractivity contribution >= 4 is 57.2 Å². The largest absolute Gasteiger partial charge is 0.387 e. The quantitative estimate of drug-likeness (QED) is 0.0875. The second kappa shape index (κ2) is 14.4. The Balaban J connectivity index is 0.966. The van der Waals surface area contributed by atoms with Crippen molar-refractivity contribution in [2.75, 3.05) is 23.7 Å². The van der Waals surface area contributed by atoms with Gasteiger partial charge in [0.05, 0.1) is 25.7 Å². The number of fused-ring (bicyclic) bond motifs is 2. The molecule has 2 saturated heterocycles. The van der Waals surface area contributed by atoms with E-state index in [1.165, 1.54) is 31.4 Å². The van der Waals surface area contributed by atoms with E-state index in [0.29, 0.717) is 48.8 Å². The number of aromatic nitrogens is 16. The molecule has 0 aliphatic carbocycles. The van der Waals surface area contributed by atoms with E-state index in [1.807, 2.05) is 27.7 Å². The lowest BCUT2D eigenvalue weighted by atomic mass is 9.93. The van der Waals surface area contributed by atoms with Gasteiger partial charge in [0.15, 0.2) is 58.6 Å². The Kier molecular flexibility index (Phi) is 9.69. The van der Waals surface area contributed by atoms with E-state index in [0.717, 1.165) is 0 Å². The van der Waals surface area contributed by atoms with Gasteiger partial charge in [-0.25, -0.2) is 9.97 Å². The summed E-state index contributed by atoms with van der Waals surface area (Å²) in [5, 5.41) is 74.0. The number of ether oxygens (including phenoxy) is 2. The fraction of sp³-hybridized carbons (Fsp3) is 0.586. The summed E-state index contributed by atoms with van der Waals surface area (Å²) in [6.45, 7) is 9.30. The van der Waals surface area contributed by atoms with Gasteiger partial charge in [-0.15, -0.1) is 20.4 Å². The van der Waals surface area contributed by atoms with Crippen LogP contribution in [0.5, 0.6) is 0 Å². The van der Waals surface area contributed by atoms with Gasteiger partial charge in [-0.1, -0.05) is 13.8 Å². The average Bonchev–Trinajstić information content (AvgIpc) is 4.03. The molecule has 0 radical (unpaired) electrons. The average molecular weight is 804 g/mol. The summed E-state index contributed by atoms with van der Waals surface area (Å²) < 4.78 is 14.9. The Morgan fingerprint density at radius 3 is 1.47 bits per heavy atom. The van der Waals surface area contributed by atoms with Crippen molar-refractivity contribution in [2.45, 2.75) is 89.9 Å². The van der Waals surface area contributed by atoms with Crippen molar-refractivity contribution in [1.82, 2.24) is 79.5 Å². The molecule has 0 bridgehead atoms. The predicted molar refractivity (Wildman–Crippen MR) is 188 cm³/mol. The van der Waals surface area contributed by atoms with Crippen molar-refractivity contribution in [3.63, 3.8) is 0 Å². The number of aryl methyl sites for hydroxylation is 2. The first-order valence-electron chi connectivity index (χ1n) is 17.2. The molecule has 0 unspecified atom stereocenters. The van der Waals surface area contributed by atoms with Crippen molar-refractivity contribution in [3.05, 3.63) is 34.9 Å². The number of nitrogens with zero attached hydrogens (tertiary/aromatic N) is 16. The number of nitrogens with one attached hydrogen (secondary N) is 2. The molecule has 26 heteroatoms. The molecule has 2 fully saturated rings. The molecule has 8 atom stereocenters. The maximum absolute atomic E-state index is 10.9. The van der Waals surface area contributed by atoms with Gasteiger partial charge >= 0.3 is 0 Å². The van der Waals surface area contributed by atoms with Gasteiger partial charge in [-0.2, -0.15) is 29.5 Å². The highest BCUT2D eigenvalue weighted by molar-refractivity contribution is 6.29. The Morgan fingerprint density at radius 1 is 0.673 bits per heavy atom. The number of aliphatic hydroxyl groups excluding tert-OH is 4. The monoisotopic (exact) mass is 802 g/mol. The molecule has 8 heterocycles. The first-order valence-corrected chi connectivity index (χ1v) is 18.0. The molecule has 292 valence electrons. The van der Waals surface area contributed by atoms with Crippen molar-refractivity contribution in [3.8, 4) is 0 Å². The molecule has 0 spiro atoms. The van der Waals surface area contributed by atoms with E-state index < -0.39 is 54.5 Å². The van der Waals surface area contributed by atoms with Crippen molar-refractivity contribution in [2.24, 2.45) is 5.41 Å². The summed E-state index contributed by atoms with van der Waals surface area (Å²) in [4.78, 5) is 29.0. The minimum Gasteiger partial charge on any atom is -0.387 e. The summed E-state index contributed by atoms with van der Waals surface area (Å²) in [7, 11) is 0. The van der Waals surface area contributed by atoms with Crippen LogP contribution in [0.1, 0.15) is 64.0 Å². The number of anilines is 2. The van der Waals surface area contributed by atoms with Crippen LogP contribution in [-0.4, -0.2) is 137 Å². The van der Waals surface area contributed by atoms with E-state index in [1.54, 1.807) is 0 Å². The second-order valence-corrected chi connectivity index (χ2v) is 14.4. The first kappa shape index (κ1) is 37.1. The highest BCUT2D eigenvalue weighted by Crippen LogP contribution is 2.40. The van der Waals surface area contributed by atoms with Gasteiger partial charge in [0.1, 0.15) is 24.4 Å². The van der Waals surface area contributed by atoms with Crippen LogP contribution in [-0.2, 0) is 22.6 Å². The van der Waals surface area contributed by atoms with Crippen LogP contribution in [0.15, 0.2) is 12.7 Å². The zero-order valence-corrected chi connectivity index (χ0v) is 31.1. The summed E-state index contributed by atoms with van der Waals surface area (Å²) in [6.07, 6.45) is -6.86. The molecule has 6 N–H and O–H groups in total. The smallest absolute Gasteiger partial charge is 0.226 e. The zero-order chi connectivity index (χ0) is 38.8. The molecule has 0 saturated carbocycles. The fourth-order valence-electron chi connectivity index (χ4n) is 6.32. The van der Waals surface area contributed by atoms with Crippen LogP contribution in [0.2, 0.25) is 10.6 Å². The fourth-order valence-corrected chi connectivity index (χ4v) is 6.65. The number of aliphatic hydroxyl groups is 4. The summed E-state index contributed by atoms with van der Waals surface area (Å²) in [6, 6.07) is 0. The standard InChI is InChI=1S/C29H36Cl2N18O6/c1-5-48-42-21(40-44-48)17-13(50)15(52)25(54-17)46-9-34-11-19(36-27(30)38-23(11)46)32-7-29(3,4)8-33-20-12-24(39-28(31)37-20)47(10-35-12)26-16(53)14(51)18(55-26)22-41-45-49(6-2)43-22/h9-10,13-18,25-26,50-53H,5-8H2,1-4H3,(H,32,36,38)(H,33,37,39)/t13-,14-,15+,16+,17-,18-,25+,26+/m0/s1. The third-order valence-corrected chi connectivity index (χ3v) is 9.63. The molecular weight excluding hydrogens is 767 g/mol. The minimum absolute atomic E-state index is 0.0859. The molecule has 6 aromatic heterocycles. The van der Waals surface area contributed by atoms with Gasteiger partial charge in [0, 0.05) is 13.1 Å². The molecule has 0 amide bonds. The van der Waals surface area contributed by atoms with Crippen LogP contribution in [0, 0.1) is 5.41 Å². The molecule has 6 aromatic rings. The lowest BCUT2D eigenvalue weighted by Gasteiger charge is -2.26. The number of hydrogen-bond donors (Lipinski definition) is 6. The third kappa shape index (κ3) is 6.77. The van der Waals surface area contributed by atoms with Gasteiger partial charge in [0.2, 0.25) is 22.2 Å². The number of halogens is 2. The molecule has 2 aliphatic rings. The van der Waals surface area contributed by atoms with Crippen molar-refractivity contribution < 1.29 is 29.9 Å². The normalized spacial score (nSPS) is 25.8. The molecule has 8 rings (SSSR count). The lowest BCUT2D eigenvalue weighted by molar-refractivity contribution is -0.0384. The van der Waals surface area contributed by atoms with E-state index in [4.69, 9.17) is 32.7 Å². The molecular formula is C29H36Cl2N18O6. The molecule has 24 nitrogen and oxygen atoms in total. The van der Waals surface area contributed by atoms with Crippen LogP contribution < -0.4 is 10.6 Å². The second-order valence-electron chi connectivity index (χ2n) is 13.7. The van der Waals surface area contributed by atoms with Gasteiger partial charge in [-0.05, 0) is 52.9 Å². The van der Waals surface area contributed by atoms with E-state index >= 15 is 0 Å². The van der Waals surface area contributed by atoms with E-state index in [-0.39, 0.29) is 33.5 Å². The Bertz CT molecular complexity index is 2170. The highest BCUT2D eigenvalue weighted by atomic mass is 35.5. The zero-order valence-electron chi connectivity index (χ0n) is 29.6. The van der Waals surface area contributed by atoms with E-state index in [2.05, 4.69) is 71.4 Å². The lowest BCUT2D eigenvalue weighted by Crippen LogP contribution is -2.31. The molecule has 55 heavy (non-hydrogen) atoms.